The maximum atomic E-state index is 12.0. The Kier molecular flexibility index (Phi) is 4.36. The molecule has 0 aromatic carbocycles. The molecule has 0 N–H and O–H groups in total. The fourth-order valence-electron chi connectivity index (χ4n) is 2.24. The Morgan fingerprint density at radius 1 is 1.67 bits per heavy atom. The van der Waals surface area contributed by atoms with E-state index in [4.69, 9.17) is 4.74 Å². The number of ether oxygens (including phenoxy) is 1. The number of hydrogen-bond acceptors (Lipinski definition) is 3. The summed E-state index contributed by atoms with van der Waals surface area (Å²) in [5, 5.41) is 4.27. The van der Waals surface area contributed by atoms with Crippen molar-refractivity contribution in [3.05, 3.63) is 18.0 Å². The molecule has 5 heteroatoms. The minimum Gasteiger partial charge on any atom is -0.381 e. The molecule has 2 rings (SSSR count). The van der Waals surface area contributed by atoms with E-state index in [1.807, 2.05) is 31.3 Å². The van der Waals surface area contributed by atoms with Crippen molar-refractivity contribution in [2.75, 3.05) is 26.8 Å². The summed E-state index contributed by atoms with van der Waals surface area (Å²) in [6.07, 6.45) is 4.21. The van der Waals surface area contributed by atoms with Crippen molar-refractivity contribution in [1.29, 1.82) is 0 Å². The quantitative estimate of drug-likeness (QED) is 0.779. The number of hydrogen-bond donors (Lipinski definition) is 0. The SMILES string of the molecule is CN(CC1CCOC1)C(=O)CCc1ccn(C)n1. The summed E-state index contributed by atoms with van der Waals surface area (Å²) >= 11 is 0. The van der Waals surface area contributed by atoms with Gasteiger partial charge in [0.15, 0.2) is 0 Å². The second kappa shape index (κ2) is 6.00. The van der Waals surface area contributed by atoms with Gasteiger partial charge in [0.05, 0.1) is 12.3 Å². The summed E-state index contributed by atoms with van der Waals surface area (Å²) in [5.41, 5.74) is 0.975. The predicted molar refractivity (Wildman–Crippen MR) is 68.1 cm³/mol. The van der Waals surface area contributed by atoms with E-state index in [0.29, 0.717) is 18.8 Å². The van der Waals surface area contributed by atoms with Crippen LogP contribution in [0.1, 0.15) is 18.5 Å². The van der Waals surface area contributed by atoms with Crippen LogP contribution in [0, 0.1) is 5.92 Å². The fraction of sp³-hybridized carbons (Fsp3) is 0.692. The van der Waals surface area contributed by atoms with Gasteiger partial charge in [-0.25, -0.2) is 0 Å². The fourth-order valence-corrected chi connectivity index (χ4v) is 2.24. The van der Waals surface area contributed by atoms with Crippen molar-refractivity contribution in [1.82, 2.24) is 14.7 Å². The van der Waals surface area contributed by atoms with Gasteiger partial charge in [0.2, 0.25) is 5.91 Å². The predicted octanol–water partition coefficient (Wildman–Crippen LogP) is 0.848. The van der Waals surface area contributed by atoms with Crippen molar-refractivity contribution in [2.24, 2.45) is 13.0 Å². The number of nitrogens with zero attached hydrogens (tertiary/aromatic N) is 3. The van der Waals surface area contributed by atoms with Crippen LogP contribution in [-0.4, -0.2) is 47.4 Å². The number of aryl methyl sites for hydroxylation is 2. The zero-order valence-electron chi connectivity index (χ0n) is 11.1. The lowest BCUT2D eigenvalue weighted by atomic mass is 10.1. The molecule has 1 atom stereocenters. The molecule has 1 fully saturated rings. The zero-order valence-corrected chi connectivity index (χ0v) is 11.1. The summed E-state index contributed by atoms with van der Waals surface area (Å²) in [6, 6.07) is 1.96. The third kappa shape index (κ3) is 3.57. The molecule has 2 heterocycles. The molecule has 100 valence electrons. The lowest BCUT2D eigenvalue weighted by Gasteiger charge is -2.20. The van der Waals surface area contributed by atoms with Gasteiger partial charge in [-0.3, -0.25) is 9.48 Å². The zero-order chi connectivity index (χ0) is 13.0. The Hall–Kier alpha value is -1.36. The van der Waals surface area contributed by atoms with Gasteiger partial charge in [-0.15, -0.1) is 0 Å². The molecule has 0 bridgehead atoms. The average Bonchev–Trinajstić information content (AvgIpc) is 2.97. The standard InChI is InChI=1S/C13H21N3O2/c1-15(9-11-6-8-18-10-11)13(17)4-3-12-5-7-16(2)14-12/h5,7,11H,3-4,6,8-10H2,1-2H3. The Labute approximate surface area is 108 Å². The molecule has 1 aliphatic rings. The number of rotatable bonds is 5. The van der Waals surface area contributed by atoms with E-state index in [1.165, 1.54) is 0 Å². The topological polar surface area (TPSA) is 47.4 Å². The Morgan fingerprint density at radius 2 is 2.50 bits per heavy atom. The van der Waals surface area contributed by atoms with Crippen LogP contribution in [0.3, 0.4) is 0 Å². The monoisotopic (exact) mass is 251 g/mol. The molecule has 0 spiro atoms. The van der Waals surface area contributed by atoms with Crippen LogP contribution >= 0.6 is 0 Å². The largest absolute Gasteiger partial charge is 0.381 e. The Balaban J connectivity index is 1.73. The van der Waals surface area contributed by atoms with Gasteiger partial charge in [0.25, 0.3) is 0 Å². The molecule has 1 amide bonds. The van der Waals surface area contributed by atoms with Crippen molar-refractivity contribution in [3.63, 3.8) is 0 Å². The summed E-state index contributed by atoms with van der Waals surface area (Å²) in [6.45, 7) is 2.43. The first-order valence-corrected chi connectivity index (χ1v) is 6.45. The minimum atomic E-state index is 0.188. The van der Waals surface area contributed by atoms with Crippen LogP contribution in [0.4, 0.5) is 0 Å². The van der Waals surface area contributed by atoms with E-state index in [-0.39, 0.29) is 5.91 Å². The van der Waals surface area contributed by atoms with Gasteiger partial charge in [-0.05, 0) is 12.5 Å². The molecule has 1 saturated heterocycles. The Morgan fingerprint density at radius 3 is 3.11 bits per heavy atom. The minimum absolute atomic E-state index is 0.188. The molecule has 1 aromatic heterocycles. The molecule has 5 nitrogen and oxygen atoms in total. The van der Waals surface area contributed by atoms with Crippen LogP contribution in [0.2, 0.25) is 0 Å². The van der Waals surface area contributed by atoms with E-state index < -0.39 is 0 Å². The molecular weight excluding hydrogens is 230 g/mol. The highest BCUT2D eigenvalue weighted by Crippen LogP contribution is 2.13. The molecule has 18 heavy (non-hydrogen) atoms. The number of carbonyl (C=O) groups excluding carboxylic acids is 1. The van der Waals surface area contributed by atoms with E-state index >= 15 is 0 Å². The first-order chi connectivity index (χ1) is 8.65. The first-order valence-electron chi connectivity index (χ1n) is 6.45. The van der Waals surface area contributed by atoms with Crippen LogP contribution in [0.15, 0.2) is 12.3 Å². The van der Waals surface area contributed by atoms with Crippen LogP contribution < -0.4 is 0 Å². The third-order valence-electron chi connectivity index (χ3n) is 3.35. The van der Waals surface area contributed by atoms with Crippen molar-refractivity contribution in [3.8, 4) is 0 Å². The number of amides is 1. The smallest absolute Gasteiger partial charge is 0.222 e. The molecule has 1 aliphatic heterocycles. The molecule has 1 unspecified atom stereocenters. The summed E-state index contributed by atoms with van der Waals surface area (Å²) < 4.78 is 7.08. The molecule has 0 saturated carbocycles. The summed E-state index contributed by atoms with van der Waals surface area (Å²) in [5.74, 6) is 0.696. The Bertz CT molecular complexity index is 397. The number of aromatic nitrogens is 2. The van der Waals surface area contributed by atoms with Gasteiger partial charge < -0.3 is 9.64 Å². The molecule has 1 aromatic rings. The second-order valence-electron chi connectivity index (χ2n) is 4.98. The van der Waals surface area contributed by atoms with Gasteiger partial charge in [0.1, 0.15) is 0 Å². The normalized spacial score (nSPS) is 19.1. The lowest BCUT2D eigenvalue weighted by Crippen LogP contribution is -2.32. The van der Waals surface area contributed by atoms with E-state index in [0.717, 1.165) is 31.9 Å². The van der Waals surface area contributed by atoms with E-state index in [2.05, 4.69) is 5.10 Å². The van der Waals surface area contributed by atoms with Gasteiger partial charge in [-0.1, -0.05) is 0 Å². The van der Waals surface area contributed by atoms with Crippen molar-refractivity contribution >= 4 is 5.91 Å². The number of carbonyl (C=O) groups is 1. The first kappa shape index (κ1) is 13.1. The van der Waals surface area contributed by atoms with Crippen LogP contribution in [-0.2, 0) is 23.0 Å². The van der Waals surface area contributed by atoms with Crippen LogP contribution in [0.5, 0.6) is 0 Å². The van der Waals surface area contributed by atoms with Gasteiger partial charge in [0, 0.05) is 52.2 Å². The van der Waals surface area contributed by atoms with Crippen LogP contribution in [0.25, 0.3) is 0 Å². The van der Waals surface area contributed by atoms with E-state index in [9.17, 15) is 4.79 Å². The molecule has 0 aliphatic carbocycles. The van der Waals surface area contributed by atoms with Gasteiger partial charge in [-0.2, -0.15) is 5.10 Å². The lowest BCUT2D eigenvalue weighted by molar-refractivity contribution is -0.130. The van der Waals surface area contributed by atoms with Crippen molar-refractivity contribution < 1.29 is 9.53 Å². The highest BCUT2D eigenvalue weighted by molar-refractivity contribution is 5.76. The molecule has 0 radical (unpaired) electrons. The summed E-state index contributed by atoms with van der Waals surface area (Å²) in [7, 11) is 3.76. The van der Waals surface area contributed by atoms with Gasteiger partial charge >= 0.3 is 0 Å². The molecular formula is C13H21N3O2. The van der Waals surface area contributed by atoms with E-state index in [1.54, 1.807) is 4.68 Å². The van der Waals surface area contributed by atoms with Crippen molar-refractivity contribution in [2.45, 2.75) is 19.3 Å². The highest BCUT2D eigenvalue weighted by Gasteiger charge is 2.19. The maximum Gasteiger partial charge on any atom is 0.222 e. The maximum absolute atomic E-state index is 12.0. The summed E-state index contributed by atoms with van der Waals surface area (Å²) in [4.78, 5) is 13.8. The average molecular weight is 251 g/mol. The third-order valence-corrected chi connectivity index (χ3v) is 3.35. The highest BCUT2D eigenvalue weighted by atomic mass is 16.5. The second-order valence-corrected chi connectivity index (χ2v) is 4.98.